The first-order valence-corrected chi connectivity index (χ1v) is 9.32. The maximum Gasteiger partial charge on any atom is 0.228 e. The van der Waals surface area contributed by atoms with E-state index in [9.17, 15) is 9.59 Å². The zero-order chi connectivity index (χ0) is 19.6. The summed E-state index contributed by atoms with van der Waals surface area (Å²) in [5.74, 6) is 1.23. The number of aryl methyl sites for hydroxylation is 1. The summed E-state index contributed by atoms with van der Waals surface area (Å²) < 4.78 is 5.81. The lowest BCUT2D eigenvalue weighted by atomic mass is 9.87. The zero-order valence-electron chi connectivity index (χ0n) is 16.5. The van der Waals surface area contributed by atoms with E-state index in [1.807, 2.05) is 19.1 Å². The van der Waals surface area contributed by atoms with Gasteiger partial charge in [-0.3, -0.25) is 9.59 Å². The molecule has 1 saturated heterocycles. The second-order valence-electron chi connectivity index (χ2n) is 8.05. The predicted octanol–water partition coefficient (Wildman–Crippen LogP) is 2.79. The standard InChI is InChI=1S/C21H27N3O3/c1-15-18(13-19(26)24-11-9-23(14-25)10-12-24)22-20(27-15)16-5-7-17(8-6-16)21(2,3)4/h5-8,14H,9-13H2,1-4H3. The number of nitrogens with zero attached hydrogens (tertiary/aromatic N) is 3. The molecule has 6 nitrogen and oxygen atoms in total. The van der Waals surface area contributed by atoms with Crippen LogP contribution in [-0.4, -0.2) is 53.3 Å². The van der Waals surface area contributed by atoms with Gasteiger partial charge in [0.05, 0.1) is 12.1 Å². The van der Waals surface area contributed by atoms with Gasteiger partial charge < -0.3 is 14.2 Å². The minimum Gasteiger partial charge on any atom is -0.441 e. The van der Waals surface area contributed by atoms with E-state index in [1.165, 1.54) is 5.56 Å². The Morgan fingerprint density at radius 1 is 1.15 bits per heavy atom. The fourth-order valence-electron chi connectivity index (χ4n) is 3.16. The third-order valence-corrected chi connectivity index (χ3v) is 5.03. The molecule has 1 aromatic carbocycles. The first kappa shape index (κ1) is 19.1. The number of aromatic nitrogens is 1. The fraction of sp³-hybridized carbons (Fsp3) is 0.476. The maximum absolute atomic E-state index is 12.6. The zero-order valence-corrected chi connectivity index (χ0v) is 16.5. The topological polar surface area (TPSA) is 66.7 Å². The summed E-state index contributed by atoms with van der Waals surface area (Å²) in [4.78, 5) is 31.4. The van der Waals surface area contributed by atoms with Gasteiger partial charge in [0, 0.05) is 31.7 Å². The van der Waals surface area contributed by atoms with Gasteiger partial charge in [0.1, 0.15) is 5.76 Å². The van der Waals surface area contributed by atoms with Crippen LogP contribution in [0.4, 0.5) is 0 Å². The molecule has 1 aliphatic rings. The number of hydrogen-bond acceptors (Lipinski definition) is 4. The van der Waals surface area contributed by atoms with Crippen molar-refractivity contribution in [2.45, 2.75) is 39.5 Å². The first-order valence-electron chi connectivity index (χ1n) is 9.32. The second-order valence-corrected chi connectivity index (χ2v) is 8.05. The van der Waals surface area contributed by atoms with Crippen LogP contribution in [0.3, 0.4) is 0 Å². The van der Waals surface area contributed by atoms with Crippen LogP contribution in [0.5, 0.6) is 0 Å². The predicted molar refractivity (Wildman–Crippen MR) is 103 cm³/mol. The molecule has 27 heavy (non-hydrogen) atoms. The molecule has 0 unspecified atom stereocenters. The minimum atomic E-state index is 0.0200. The highest BCUT2D eigenvalue weighted by atomic mass is 16.4. The van der Waals surface area contributed by atoms with Crippen LogP contribution in [0.15, 0.2) is 28.7 Å². The van der Waals surface area contributed by atoms with Crippen molar-refractivity contribution in [3.05, 3.63) is 41.3 Å². The Hall–Kier alpha value is -2.63. The molecule has 2 heterocycles. The third-order valence-electron chi connectivity index (χ3n) is 5.03. The molecule has 0 aliphatic carbocycles. The summed E-state index contributed by atoms with van der Waals surface area (Å²) in [6.07, 6.45) is 1.05. The molecule has 1 aliphatic heterocycles. The molecule has 0 atom stereocenters. The number of rotatable bonds is 4. The largest absolute Gasteiger partial charge is 0.441 e. The summed E-state index contributed by atoms with van der Waals surface area (Å²) in [6, 6.07) is 8.20. The van der Waals surface area contributed by atoms with Crippen LogP contribution in [0.25, 0.3) is 11.5 Å². The molecule has 1 fully saturated rings. The number of carbonyl (C=O) groups excluding carboxylic acids is 2. The van der Waals surface area contributed by atoms with Crippen molar-refractivity contribution >= 4 is 12.3 Å². The van der Waals surface area contributed by atoms with Crippen LogP contribution < -0.4 is 0 Å². The van der Waals surface area contributed by atoms with Gasteiger partial charge in [-0.15, -0.1) is 0 Å². The molecule has 6 heteroatoms. The Kier molecular flexibility index (Phi) is 5.35. The van der Waals surface area contributed by atoms with Gasteiger partial charge in [-0.05, 0) is 30.0 Å². The number of carbonyl (C=O) groups is 2. The number of oxazole rings is 1. The van der Waals surface area contributed by atoms with Crippen molar-refractivity contribution in [2.75, 3.05) is 26.2 Å². The summed E-state index contributed by atoms with van der Waals surface area (Å²) in [7, 11) is 0. The molecular weight excluding hydrogens is 342 g/mol. The fourth-order valence-corrected chi connectivity index (χ4v) is 3.16. The maximum atomic E-state index is 12.6. The Labute approximate surface area is 160 Å². The van der Waals surface area contributed by atoms with E-state index >= 15 is 0 Å². The molecule has 0 saturated carbocycles. The summed E-state index contributed by atoms with van der Waals surface area (Å²) in [5, 5.41) is 0. The summed E-state index contributed by atoms with van der Waals surface area (Å²) >= 11 is 0. The van der Waals surface area contributed by atoms with Gasteiger partial charge in [-0.25, -0.2) is 4.98 Å². The molecule has 0 radical (unpaired) electrons. The molecular formula is C21H27N3O3. The van der Waals surface area contributed by atoms with Gasteiger partial charge in [0.2, 0.25) is 18.2 Å². The highest BCUT2D eigenvalue weighted by Crippen LogP contribution is 2.27. The molecule has 2 aromatic rings. The highest BCUT2D eigenvalue weighted by Gasteiger charge is 2.23. The molecule has 0 N–H and O–H groups in total. The van der Waals surface area contributed by atoms with Crippen molar-refractivity contribution in [2.24, 2.45) is 0 Å². The van der Waals surface area contributed by atoms with E-state index in [-0.39, 0.29) is 17.7 Å². The Balaban J connectivity index is 1.69. The third kappa shape index (κ3) is 4.38. The number of benzene rings is 1. The van der Waals surface area contributed by atoms with E-state index in [0.717, 1.165) is 12.0 Å². The summed E-state index contributed by atoms with van der Waals surface area (Å²) in [6.45, 7) is 10.7. The Morgan fingerprint density at radius 3 is 2.33 bits per heavy atom. The molecule has 0 spiro atoms. The van der Waals surface area contributed by atoms with Crippen LogP contribution in [0, 0.1) is 6.92 Å². The number of piperazine rings is 1. The number of amides is 2. The van der Waals surface area contributed by atoms with Gasteiger partial charge in [0.15, 0.2) is 0 Å². The van der Waals surface area contributed by atoms with Crippen LogP contribution in [0.1, 0.15) is 37.8 Å². The lowest BCUT2D eigenvalue weighted by Crippen LogP contribution is -2.48. The van der Waals surface area contributed by atoms with E-state index in [2.05, 4.69) is 37.9 Å². The lowest BCUT2D eigenvalue weighted by Gasteiger charge is -2.32. The van der Waals surface area contributed by atoms with E-state index in [4.69, 9.17) is 4.42 Å². The quantitative estimate of drug-likeness (QED) is 0.777. The molecule has 1 aromatic heterocycles. The molecule has 3 rings (SSSR count). The smallest absolute Gasteiger partial charge is 0.228 e. The summed E-state index contributed by atoms with van der Waals surface area (Å²) in [5.41, 5.74) is 2.92. The van der Waals surface area contributed by atoms with Gasteiger partial charge >= 0.3 is 0 Å². The van der Waals surface area contributed by atoms with Crippen molar-refractivity contribution in [1.29, 1.82) is 0 Å². The second kappa shape index (κ2) is 7.55. The van der Waals surface area contributed by atoms with Crippen LogP contribution >= 0.6 is 0 Å². The SMILES string of the molecule is Cc1oc(-c2ccc(C(C)(C)C)cc2)nc1CC(=O)N1CCN(C=O)CC1. The molecule has 2 amide bonds. The van der Waals surface area contributed by atoms with E-state index in [1.54, 1.807) is 9.80 Å². The Bertz CT molecular complexity index is 810. The van der Waals surface area contributed by atoms with Gasteiger partial charge in [-0.1, -0.05) is 32.9 Å². The average molecular weight is 369 g/mol. The van der Waals surface area contributed by atoms with Crippen molar-refractivity contribution < 1.29 is 14.0 Å². The van der Waals surface area contributed by atoms with Crippen LogP contribution in [-0.2, 0) is 21.4 Å². The van der Waals surface area contributed by atoms with Crippen LogP contribution in [0.2, 0.25) is 0 Å². The van der Waals surface area contributed by atoms with Gasteiger partial charge in [0.25, 0.3) is 0 Å². The van der Waals surface area contributed by atoms with Crippen molar-refractivity contribution in [1.82, 2.24) is 14.8 Å². The highest BCUT2D eigenvalue weighted by molar-refractivity contribution is 5.79. The van der Waals surface area contributed by atoms with Crippen molar-refractivity contribution in [3.63, 3.8) is 0 Å². The molecule has 144 valence electrons. The monoisotopic (exact) mass is 369 g/mol. The van der Waals surface area contributed by atoms with E-state index < -0.39 is 0 Å². The minimum absolute atomic E-state index is 0.0200. The van der Waals surface area contributed by atoms with Gasteiger partial charge in [-0.2, -0.15) is 0 Å². The normalized spacial score (nSPS) is 15.1. The number of hydrogen-bond donors (Lipinski definition) is 0. The van der Waals surface area contributed by atoms with E-state index in [0.29, 0.717) is 43.5 Å². The Morgan fingerprint density at radius 2 is 1.78 bits per heavy atom. The first-order chi connectivity index (χ1) is 12.8. The lowest BCUT2D eigenvalue weighted by molar-refractivity contribution is -0.134. The average Bonchev–Trinajstić information content (AvgIpc) is 3.01. The molecule has 0 bridgehead atoms. The van der Waals surface area contributed by atoms with Crippen molar-refractivity contribution in [3.8, 4) is 11.5 Å².